The zero-order chi connectivity index (χ0) is 13.7. The van der Waals surface area contributed by atoms with Gasteiger partial charge < -0.3 is 15.5 Å². The molecule has 0 aromatic carbocycles. The van der Waals surface area contributed by atoms with Gasteiger partial charge in [-0.15, -0.1) is 0 Å². The van der Waals surface area contributed by atoms with E-state index < -0.39 is 0 Å². The molecule has 0 spiro atoms. The number of hydrogen-bond acceptors (Lipinski definition) is 3. The molecular formula is C14H25N3O2. The van der Waals surface area contributed by atoms with E-state index in [9.17, 15) is 9.59 Å². The SMILES string of the molecule is CCNCCNC(=O)C1CCCN(C(=O)C2CC2)C1. The predicted molar refractivity (Wildman–Crippen MR) is 73.6 cm³/mol. The Morgan fingerprint density at radius 3 is 2.63 bits per heavy atom. The molecule has 2 fully saturated rings. The smallest absolute Gasteiger partial charge is 0.225 e. The minimum atomic E-state index is -0.0157. The molecule has 1 heterocycles. The zero-order valence-corrected chi connectivity index (χ0v) is 11.8. The molecule has 0 radical (unpaired) electrons. The number of nitrogens with one attached hydrogen (secondary N) is 2. The molecule has 1 aliphatic carbocycles. The lowest BCUT2D eigenvalue weighted by Gasteiger charge is -2.32. The highest BCUT2D eigenvalue weighted by atomic mass is 16.2. The Hall–Kier alpha value is -1.10. The number of nitrogens with zero attached hydrogens (tertiary/aromatic N) is 1. The van der Waals surface area contributed by atoms with Crippen molar-refractivity contribution in [2.75, 3.05) is 32.7 Å². The van der Waals surface area contributed by atoms with Gasteiger partial charge in [-0.2, -0.15) is 0 Å². The van der Waals surface area contributed by atoms with E-state index in [0.717, 1.165) is 45.3 Å². The lowest BCUT2D eigenvalue weighted by Crippen LogP contribution is -2.46. The van der Waals surface area contributed by atoms with Crippen LogP contribution in [0.25, 0.3) is 0 Å². The molecule has 1 saturated heterocycles. The van der Waals surface area contributed by atoms with Gasteiger partial charge in [-0.1, -0.05) is 6.92 Å². The summed E-state index contributed by atoms with van der Waals surface area (Å²) in [4.78, 5) is 25.9. The van der Waals surface area contributed by atoms with Gasteiger partial charge in [0.15, 0.2) is 0 Å². The summed E-state index contributed by atoms with van der Waals surface area (Å²) in [5.41, 5.74) is 0. The fourth-order valence-electron chi connectivity index (χ4n) is 2.58. The highest BCUT2D eigenvalue weighted by Gasteiger charge is 2.36. The summed E-state index contributed by atoms with van der Waals surface area (Å²) >= 11 is 0. The van der Waals surface area contributed by atoms with Crippen LogP contribution >= 0.6 is 0 Å². The first-order valence-electron chi connectivity index (χ1n) is 7.49. The van der Waals surface area contributed by atoms with Crippen molar-refractivity contribution in [2.45, 2.75) is 32.6 Å². The van der Waals surface area contributed by atoms with Crippen LogP contribution in [0.1, 0.15) is 32.6 Å². The molecule has 2 aliphatic rings. The van der Waals surface area contributed by atoms with Crippen LogP contribution < -0.4 is 10.6 Å². The average Bonchev–Trinajstić information content (AvgIpc) is 3.27. The largest absolute Gasteiger partial charge is 0.355 e. The van der Waals surface area contributed by atoms with Crippen molar-refractivity contribution in [3.63, 3.8) is 0 Å². The molecule has 0 aromatic rings. The fourth-order valence-corrected chi connectivity index (χ4v) is 2.58. The maximum atomic E-state index is 12.0. The van der Waals surface area contributed by atoms with Gasteiger partial charge in [0, 0.05) is 32.1 Å². The van der Waals surface area contributed by atoms with Gasteiger partial charge in [0.25, 0.3) is 0 Å². The standard InChI is InChI=1S/C14H25N3O2/c1-2-15-7-8-16-13(18)12-4-3-9-17(10-12)14(19)11-5-6-11/h11-12,15H,2-10H2,1H3,(H,16,18). The Labute approximate surface area is 115 Å². The highest BCUT2D eigenvalue weighted by Crippen LogP contribution is 2.32. The van der Waals surface area contributed by atoms with Gasteiger partial charge in [0.1, 0.15) is 0 Å². The van der Waals surface area contributed by atoms with Crippen molar-refractivity contribution < 1.29 is 9.59 Å². The van der Waals surface area contributed by atoms with E-state index in [1.54, 1.807) is 0 Å². The van der Waals surface area contributed by atoms with Crippen LogP contribution in [0.4, 0.5) is 0 Å². The second-order valence-corrected chi connectivity index (χ2v) is 5.54. The number of rotatable bonds is 6. The Balaban J connectivity index is 1.73. The maximum absolute atomic E-state index is 12.0. The summed E-state index contributed by atoms with van der Waals surface area (Å²) in [6, 6.07) is 0. The fraction of sp³-hybridized carbons (Fsp3) is 0.857. The van der Waals surface area contributed by atoms with Gasteiger partial charge >= 0.3 is 0 Å². The molecule has 0 aromatic heterocycles. The molecule has 2 N–H and O–H groups in total. The quantitative estimate of drug-likeness (QED) is 0.683. The first-order valence-corrected chi connectivity index (χ1v) is 7.49. The van der Waals surface area contributed by atoms with Crippen molar-refractivity contribution in [1.82, 2.24) is 15.5 Å². The van der Waals surface area contributed by atoms with Crippen molar-refractivity contribution in [2.24, 2.45) is 11.8 Å². The molecule has 2 rings (SSSR count). The molecule has 108 valence electrons. The van der Waals surface area contributed by atoms with Crippen LogP contribution in [0.3, 0.4) is 0 Å². The third-order valence-corrected chi connectivity index (χ3v) is 3.88. The van der Waals surface area contributed by atoms with E-state index in [4.69, 9.17) is 0 Å². The topological polar surface area (TPSA) is 61.4 Å². The number of likely N-dealkylation sites (N-methyl/N-ethyl adjacent to an activating group) is 1. The summed E-state index contributed by atoms with van der Waals surface area (Å²) in [6.07, 6.45) is 3.93. The molecule has 19 heavy (non-hydrogen) atoms. The Bertz CT molecular complexity index is 329. The van der Waals surface area contributed by atoms with Gasteiger partial charge in [0.2, 0.25) is 11.8 Å². The normalized spacial score (nSPS) is 23.2. The number of hydrogen-bond donors (Lipinski definition) is 2. The number of carbonyl (C=O) groups is 2. The van der Waals surface area contributed by atoms with E-state index in [0.29, 0.717) is 13.1 Å². The minimum absolute atomic E-state index is 0.0157. The summed E-state index contributed by atoms with van der Waals surface area (Å²) in [5, 5.41) is 6.13. The number of carbonyl (C=O) groups excluding carboxylic acids is 2. The zero-order valence-electron chi connectivity index (χ0n) is 11.8. The molecular weight excluding hydrogens is 242 g/mol. The molecule has 2 amide bonds. The van der Waals surface area contributed by atoms with Crippen LogP contribution in [0, 0.1) is 11.8 Å². The van der Waals surface area contributed by atoms with Crippen LogP contribution in [-0.4, -0.2) is 49.4 Å². The predicted octanol–water partition coefficient (Wildman–Crippen LogP) is 0.361. The molecule has 1 aliphatic heterocycles. The van der Waals surface area contributed by atoms with Crippen molar-refractivity contribution in [3.05, 3.63) is 0 Å². The summed E-state index contributed by atoms with van der Waals surface area (Å²) < 4.78 is 0. The van der Waals surface area contributed by atoms with E-state index in [2.05, 4.69) is 10.6 Å². The van der Waals surface area contributed by atoms with E-state index in [1.807, 2.05) is 11.8 Å². The lowest BCUT2D eigenvalue weighted by molar-refractivity contribution is -0.136. The monoisotopic (exact) mass is 267 g/mol. The van der Waals surface area contributed by atoms with E-state index >= 15 is 0 Å². The van der Waals surface area contributed by atoms with Crippen LogP contribution in [0.15, 0.2) is 0 Å². The Kier molecular flexibility index (Phi) is 5.19. The highest BCUT2D eigenvalue weighted by molar-refractivity contribution is 5.83. The summed E-state index contributed by atoms with van der Waals surface area (Å²) in [6.45, 7) is 5.88. The third kappa shape index (κ3) is 4.20. The lowest BCUT2D eigenvalue weighted by atomic mass is 9.96. The first kappa shape index (κ1) is 14.3. The van der Waals surface area contributed by atoms with Crippen LogP contribution in [0.2, 0.25) is 0 Å². The van der Waals surface area contributed by atoms with Crippen molar-refractivity contribution >= 4 is 11.8 Å². The van der Waals surface area contributed by atoms with Crippen LogP contribution in [-0.2, 0) is 9.59 Å². The Morgan fingerprint density at radius 2 is 1.95 bits per heavy atom. The van der Waals surface area contributed by atoms with Crippen LogP contribution in [0.5, 0.6) is 0 Å². The third-order valence-electron chi connectivity index (χ3n) is 3.88. The molecule has 5 heteroatoms. The summed E-state index contributed by atoms with van der Waals surface area (Å²) in [7, 11) is 0. The molecule has 1 saturated carbocycles. The molecule has 0 bridgehead atoms. The van der Waals surface area contributed by atoms with Gasteiger partial charge in [-0.25, -0.2) is 0 Å². The van der Waals surface area contributed by atoms with Crippen molar-refractivity contribution in [3.8, 4) is 0 Å². The first-order chi connectivity index (χ1) is 9.22. The number of likely N-dealkylation sites (tertiary alicyclic amines) is 1. The van der Waals surface area contributed by atoms with Gasteiger partial charge in [0.05, 0.1) is 5.92 Å². The number of piperidine rings is 1. The minimum Gasteiger partial charge on any atom is -0.355 e. The summed E-state index contributed by atoms with van der Waals surface area (Å²) in [5.74, 6) is 0.616. The second kappa shape index (κ2) is 6.89. The second-order valence-electron chi connectivity index (χ2n) is 5.54. The Morgan fingerprint density at radius 1 is 1.16 bits per heavy atom. The maximum Gasteiger partial charge on any atom is 0.225 e. The molecule has 1 atom stereocenters. The molecule has 5 nitrogen and oxygen atoms in total. The molecule has 1 unspecified atom stereocenters. The number of amides is 2. The average molecular weight is 267 g/mol. The van der Waals surface area contributed by atoms with Gasteiger partial charge in [-0.05, 0) is 32.2 Å². The van der Waals surface area contributed by atoms with E-state index in [1.165, 1.54) is 0 Å². The van der Waals surface area contributed by atoms with Gasteiger partial charge in [-0.3, -0.25) is 9.59 Å². The van der Waals surface area contributed by atoms with E-state index in [-0.39, 0.29) is 23.7 Å². The van der Waals surface area contributed by atoms with Crippen molar-refractivity contribution in [1.29, 1.82) is 0 Å².